The molecule has 0 saturated carbocycles. The van der Waals surface area contributed by atoms with Crippen molar-refractivity contribution in [1.29, 1.82) is 0 Å². The van der Waals surface area contributed by atoms with E-state index in [1.54, 1.807) is 16.7 Å². The first-order valence-electron chi connectivity index (χ1n) is 7.83. The van der Waals surface area contributed by atoms with Crippen LogP contribution in [0, 0.1) is 5.82 Å². The standard InChI is InChI=1S/C17H17FN4O4S/c1-21(26-2)17(23)14-8-13-16(19-9-15(20-13)27(3,24)25)22(14)10-11-4-6-12(18)7-5-11/h4-9H,10H2,1-3H3. The van der Waals surface area contributed by atoms with Crippen molar-refractivity contribution in [3.63, 3.8) is 0 Å². The van der Waals surface area contributed by atoms with Gasteiger partial charge in [-0.2, -0.15) is 0 Å². The molecular weight excluding hydrogens is 375 g/mol. The van der Waals surface area contributed by atoms with E-state index in [0.29, 0.717) is 5.65 Å². The number of amides is 1. The highest BCUT2D eigenvalue weighted by atomic mass is 32.2. The monoisotopic (exact) mass is 392 g/mol. The molecule has 0 unspecified atom stereocenters. The Balaban J connectivity index is 2.17. The van der Waals surface area contributed by atoms with Crippen LogP contribution in [-0.4, -0.2) is 54.3 Å². The minimum Gasteiger partial charge on any atom is -0.315 e. The third kappa shape index (κ3) is 3.81. The Morgan fingerprint density at radius 3 is 2.56 bits per heavy atom. The SMILES string of the molecule is CON(C)C(=O)c1cc2nc(S(C)(=O)=O)cnc2n1Cc1ccc(F)cc1. The lowest BCUT2D eigenvalue weighted by molar-refractivity contribution is -0.0762. The largest absolute Gasteiger partial charge is 0.315 e. The predicted octanol–water partition coefficient (Wildman–Crippen LogP) is 1.66. The van der Waals surface area contributed by atoms with Crippen LogP contribution in [0.15, 0.2) is 41.6 Å². The number of carbonyl (C=O) groups is 1. The van der Waals surface area contributed by atoms with Crippen LogP contribution >= 0.6 is 0 Å². The summed E-state index contributed by atoms with van der Waals surface area (Å²) >= 11 is 0. The molecule has 3 aromatic rings. The fraction of sp³-hybridized carbons (Fsp3) is 0.235. The van der Waals surface area contributed by atoms with Gasteiger partial charge in [-0.15, -0.1) is 0 Å². The molecule has 0 aliphatic heterocycles. The number of hydrogen-bond acceptors (Lipinski definition) is 6. The van der Waals surface area contributed by atoms with Crippen LogP contribution in [0.25, 0.3) is 11.2 Å². The van der Waals surface area contributed by atoms with Gasteiger partial charge in [0.15, 0.2) is 20.5 Å². The molecule has 0 fully saturated rings. The fourth-order valence-electron chi connectivity index (χ4n) is 2.54. The van der Waals surface area contributed by atoms with Crippen molar-refractivity contribution in [1.82, 2.24) is 19.6 Å². The first-order valence-corrected chi connectivity index (χ1v) is 9.73. The molecule has 0 atom stereocenters. The number of halogens is 1. The van der Waals surface area contributed by atoms with Crippen LogP contribution in [-0.2, 0) is 21.2 Å². The first-order chi connectivity index (χ1) is 12.7. The van der Waals surface area contributed by atoms with Gasteiger partial charge in [0.25, 0.3) is 5.91 Å². The molecular formula is C17H17FN4O4S. The molecule has 1 aromatic carbocycles. The molecule has 1 amide bonds. The van der Waals surface area contributed by atoms with Gasteiger partial charge in [-0.3, -0.25) is 9.63 Å². The molecule has 3 rings (SSSR count). The van der Waals surface area contributed by atoms with E-state index in [4.69, 9.17) is 4.84 Å². The number of carbonyl (C=O) groups excluding carboxylic acids is 1. The van der Waals surface area contributed by atoms with Crippen LogP contribution in [0.1, 0.15) is 16.1 Å². The smallest absolute Gasteiger partial charge is 0.293 e. The molecule has 142 valence electrons. The third-order valence-electron chi connectivity index (χ3n) is 3.99. The molecule has 0 N–H and O–H groups in total. The Bertz CT molecular complexity index is 1110. The Kier molecular flexibility index (Phi) is 4.94. The van der Waals surface area contributed by atoms with E-state index < -0.39 is 15.7 Å². The average Bonchev–Trinajstić information content (AvgIpc) is 2.99. The van der Waals surface area contributed by atoms with Crippen molar-refractivity contribution in [2.45, 2.75) is 11.6 Å². The van der Waals surface area contributed by atoms with Crippen LogP contribution in [0.3, 0.4) is 0 Å². The lowest BCUT2D eigenvalue weighted by Gasteiger charge is -2.15. The lowest BCUT2D eigenvalue weighted by Crippen LogP contribution is -2.27. The summed E-state index contributed by atoms with van der Waals surface area (Å²) in [5.74, 6) is -0.829. The van der Waals surface area contributed by atoms with Gasteiger partial charge in [-0.1, -0.05) is 12.1 Å². The van der Waals surface area contributed by atoms with Gasteiger partial charge in [0, 0.05) is 19.8 Å². The fourth-order valence-corrected chi connectivity index (χ4v) is 3.05. The molecule has 2 aromatic heterocycles. The van der Waals surface area contributed by atoms with Gasteiger partial charge in [-0.05, 0) is 23.8 Å². The minimum absolute atomic E-state index is 0.187. The van der Waals surface area contributed by atoms with Crippen molar-refractivity contribution in [2.75, 3.05) is 20.4 Å². The maximum Gasteiger partial charge on any atom is 0.293 e. The number of benzene rings is 1. The summed E-state index contributed by atoms with van der Waals surface area (Å²) in [4.78, 5) is 25.9. The van der Waals surface area contributed by atoms with Gasteiger partial charge < -0.3 is 4.57 Å². The number of hydroxylamine groups is 2. The molecule has 0 bridgehead atoms. The van der Waals surface area contributed by atoms with Crippen LogP contribution in [0.2, 0.25) is 0 Å². The summed E-state index contributed by atoms with van der Waals surface area (Å²) in [7, 11) is -0.748. The molecule has 0 radical (unpaired) electrons. The van der Waals surface area contributed by atoms with E-state index in [1.165, 1.54) is 32.4 Å². The van der Waals surface area contributed by atoms with Crippen LogP contribution < -0.4 is 0 Å². The van der Waals surface area contributed by atoms with E-state index in [2.05, 4.69) is 9.97 Å². The number of aromatic nitrogens is 3. The molecule has 0 aliphatic rings. The van der Waals surface area contributed by atoms with Gasteiger partial charge >= 0.3 is 0 Å². The second-order valence-corrected chi connectivity index (χ2v) is 7.88. The molecule has 0 spiro atoms. The third-order valence-corrected chi connectivity index (χ3v) is 4.95. The summed E-state index contributed by atoms with van der Waals surface area (Å²) in [6.07, 6.45) is 2.18. The Morgan fingerprint density at radius 1 is 1.30 bits per heavy atom. The summed E-state index contributed by atoms with van der Waals surface area (Å²) < 4.78 is 38.2. The second-order valence-electron chi connectivity index (χ2n) is 5.92. The topological polar surface area (TPSA) is 94.4 Å². The van der Waals surface area contributed by atoms with E-state index in [9.17, 15) is 17.6 Å². The Labute approximate surface area is 155 Å². The normalized spacial score (nSPS) is 11.7. The van der Waals surface area contributed by atoms with Gasteiger partial charge in [0.05, 0.1) is 13.3 Å². The predicted molar refractivity (Wildman–Crippen MR) is 95.2 cm³/mol. The highest BCUT2D eigenvalue weighted by molar-refractivity contribution is 7.90. The maximum absolute atomic E-state index is 13.2. The summed E-state index contributed by atoms with van der Waals surface area (Å²) in [5, 5.41) is 0.848. The van der Waals surface area contributed by atoms with E-state index >= 15 is 0 Å². The minimum atomic E-state index is -3.55. The van der Waals surface area contributed by atoms with Crippen molar-refractivity contribution in [3.05, 3.63) is 53.6 Å². The Hall–Kier alpha value is -2.85. The van der Waals surface area contributed by atoms with Crippen molar-refractivity contribution in [2.24, 2.45) is 0 Å². The molecule has 0 saturated heterocycles. The van der Waals surface area contributed by atoms with Gasteiger partial charge in [-0.25, -0.2) is 27.8 Å². The maximum atomic E-state index is 13.2. The number of fused-ring (bicyclic) bond motifs is 1. The van der Waals surface area contributed by atoms with E-state index in [0.717, 1.165) is 23.1 Å². The zero-order valence-corrected chi connectivity index (χ0v) is 15.7. The van der Waals surface area contributed by atoms with Crippen molar-refractivity contribution < 1.29 is 22.4 Å². The van der Waals surface area contributed by atoms with E-state index in [1.807, 2.05) is 0 Å². The average molecular weight is 392 g/mol. The summed E-state index contributed by atoms with van der Waals surface area (Å²) in [5.41, 5.74) is 1.54. The molecule has 0 aliphatic carbocycles. The number of rotatable bonds is 5. The highest BCUT2D eigenvalue weighted by Crippen LogP contribution is 2.21. The number of nitrogens with zero attached hydrogens (tertiary/aromatic N) is 4. The second kappa shape index (κ2) is 7.05. The molecule has 2 heterocycles. The Morgan fingerprint density at radius 2 is 1.96 bits per heavy atom. The van der Waals surface area contributed by atoms with E-state index in [-0.39, 0.29) is 28.6 Å². The molecule has 27 heavy (non-hydrogen) atoms. The molecule has 8 nitrogen and oxygen atoms in total. The zero-order valence-electron chi connectivity index (χ0n) is 14.9. The summed E-state index contributed by atoms with van der Waals surface area (Å²) in [6.45, 7) is 0.218. The van der Waals surface area contributed by atoms with Crippen molar-refractivity contribution >= 4 is 26.9 Å². The quantitative estimate of drug-likeness (QED) is 0.613. The van der Waals surface area contributed by atoms with Crippen LogP contribution in [0.4, 0.5) is 4.39 Å². The van der Waals surface area contributed by atoms with Crippen LogP contribution in [0.5, 0.6) is 0 Å². The lowest BCUT2D eigenvalue weighted by atomic mass is 10.2. The number of sulfone groups is 1. The highest BCUT2D eigenvalue weighted by Gasteiger charge is 2.22. The summed E-state index contributed by atoms with van der Waals surface area (Å²) in [6, 6.07) is 7.27. The van der Waals surface area contributed by atoms with Gasteiger partial charge in [0.2, 0.25) is 0 Å². The first kappa shape index (κ1) is 18.9. The van der Waals surface area contributed by atoms with Crippen molar-refractivity contribution in [3.8, 4) is 0 Å². The zero-order chi connectivity index (χ0) is 19.8. The number of hydrogen-bond donors (Lipinski definition) is 0. The van der Waals surface area contributed by atoms with Gasteiger partial charge in [0.1, 0.15) is 17.0 Å². The molecule has 10 heteroatoms.